The van der Waals surface area contributed by atoms with E-state index in [1.807, 2.05) is 26.0 Å². The van der Waals surface area contributed by atoms with Crippen LogP contribution in [0.2, 0.25) is 0 Å². The number of rotatable bonds is 66. The van der Waals surface area contributed by atoms with E-state index in [9.17, 15) is 38.4 Å². The summed E-state index contributed by atoms with van der Waals surface area (Å²) < 4.78 is 53.4. The van der Waals surface area contributed by atoms with Gasteiger partial charge in [-0.2, -0.15) is 0 Å². The van der Waals surface area contributed by atoms with E-state index < -0.39 is 30.0 Å². The lowest BCUT2D eigenvalue weighted by Crippen LogP contribution is -2.46. The van der Waals surface area contributed by atoms with Crippen LogP contribution in [0.4, 0.5) is 4.79 Å². The molecule has 0 aliphatic carbocycles. The number of methoxy groups -OCH3 is 1. The maximum atomic E-state index is 12.7. The second kappa shape index (κ2) is 65.3. The Bertz CT molecular complexity index is 2660. The molecule has 0 saturated carbocycles. The lowest BCUT2D eigenvalue weighted by molar-refractivity contribution is -0.130. The number of alkyl carbamates (subject to hydrolysis) is 1. The van der Waals surface area contributed by atoms with Crippen molar-refractivity contribution in [1.82, 2.24) is 26.6 Å². The summed E-state index contributed by atoms with van der Waals surface area (Å²) in [6, 6.07) is 12.9. The first-order valence-electron chi connectivity index (χ1n) is 37.0. The molecule has 0 saturated heterocycles. The third kappa shape index (κ3) is 54.4. The molecule has 4 atom stereocenters. The molecule has 0 spiro atoms. The second-order valence-electron chi connectivity index (χ2n) is 25.5. The Balaban J connectivity index is 0.00000104. The lowest BCUT2D eigenvalue weighted by Gasteiger charge is -2.21. The van der Waals surface area contributed by atoms with Gasteiger partial charge in [-0.05, 0) is 150 Å². The predicted octanol–water partition coefficient (Wildman–Crippen LogP) is 7.70. The maximum absolute atomic E-state index is 12.7. The first-order chi connectivity index (χ1) is 50.3. The molecule has 2 aromatic rings. The Morgan fingerprint density at radius 1 is 0.462 bits per heavy atom. The van der Waals surface area contributed by atoms with Crippen LogP contribution < -0.4 is 38.1 Å². The summed E-state index contributed by atoms with van der Waals surface area (Å²) in [5.74, 6) is -1.12. The van der Waals surface area contributed by atoms with Gasteiger partial charge in [0.05, 0.1) is 92.5 Å². The number of nitrogens with two attached hydrogens (primary N) is 2. The molecule has 0 fully saturated rings. The minimum Gasteiger partial charge on any atom is -0.447 e. The molecule has 2 rings (SSSR count). The molecular formula is C75H127N9O20. The predicted molar refractivity (Wildman–Crippen MR) is 397 cm³/mol. The molecule has 0 unspecified atom stereocenters. The van der Waals surface area contributed by atoms with Crippen LogP contribution in [-0.2, 0) is 94.2 Å². The molecule has 9 N–H and O–H groups in total. The molecule has 0 aliphatic rings. The Hall–Kier alpha value is -7.22. The molecule has 0 aromatic heterocycles. The third-order valence-electron chi connectivity index (χ3n) is 15.4. The van der Waals surface area contributed by atoms with Gasteiger partial charge in [0.25, 0.3) is 11.8 Å². The van der Waals surface area contributed by atoms with Crippen molar-refractivity contribution >= 4 is 59.7 Å². The minimum absolute atomic E-state index is 0.132. The number of hydrogen-bond acceptors (Lipinski definition) is 22. The summed E-state index contributed by atoms with van der Waals surface area (Å²) in [5.41, 5.74) is 13.7. The average Bonchev–Trinajstić information content (AvgIpc) is 0.911. The van der Waals surface area contributed by atoms with Gasteiger partial charge in [0.2, 0.25) is 23.6 Å². The van der Waals surface area contributed by atoms with Gasteiger partial charge >= 0.3 is 6.09 Å². The van der Waals surface area contributed by atoms with E-state index in [0.29, 0.717) is 226 Å². The number of nitrogens with one attached hydrogen (secondary N) is 5. The fraction of sp³-hybridized carbons (Fsp3) is 0.707. The van der Waals surface area contributed by atoms with Crippen molar-refractivity contribution in [2.75, 3.05) is 146 Å². The molecule has 29 heteroatoms. The van der Waals surface area contributed by atoms with E-state index in [1.165, 1.54) is 7.11 Å². The van der Waals surface area contributed by atoms with Crippen LogP contribution in [0, 0.1) is 23.7 Å². The Morgan fingerprint density at radius 3 is 1.21 bits per heavy atom. The number of nitrogens with zero attached hydrogens (tertiary/aromatic N) is 2. The first kappa shape index (κ1) is 94.8. The van der Waals surface area contributed by atoms with Gasteiger partial charge in [-0.3, -0.25) is 28.8 Å². The number of benzene rings is 2. The SMILES string of the molecule is CC[C@@H](CC(C)C)C(=O)N[C@@H](CCCCNC(=O)c1cccc(CO/N=C/CCCOCCOCCOCCOCCCC(C)=O)c1)C(N)=O.CC[C@@H](CC(C)C)C(=O)N[C@@H](CCCCNC(=O)c1cccc(CO/N=C\CCCOCCOCCOCCOCCNC(=O)OCCOC)c1)C(N)=O. The summed E-state index contributed by atoms with van der Waals surface area (Å²) in [5, 5.41) is 22.0. The Morgan fingerprint density at radius 2 is 0.846 bits per heavy atom. The van der Waals surface area contributed by atoms with Crippen LogP contribution in [0.5, 0.6) is 0 Å². The Labute approximate surface area is 617 Å². The normalized spacial score (nSPS) is 12.5. The van der Waals surface area contributed by atoms with Crippen molar-refractivity contribution in [3.8, 4) is 0 Å². The van der Waals surface area contributed by atoms with Crippen LogP contribution >= 0.6 is 0 Å². The van der Waals surface area contributed by atoms with Gasteiger partial charge in [-0.1, -0.05) is 76.1 Å². The fourth-order valence-corrected chi connectivity index (χ4v) is 9.79. The van der Waals surface area contributed by atoms with E-state index in [4.69, 9.17) is 68.5 Å². The highest BCUT2D eigenvalue weighted by Gasteiger charge is 2.25. The van der Waals surface area contributed by atoms with E-state index in [2.05, 4.69) is 64.6 Å². The molecule has 7 amide bonds. The first-order valence-corrected chi connectivity index (χ1v) is 37.0. The number of hydrogen-bond donors (Lipinski definition) is 7. The van der Waals surface area contributed by atoms with Crippen LogP contribution in [0.15, 0.2) is 58.8 Å². The van der Waals surface area contributed by atoms with E-state index in [-0.39, 0.29) is 61.1 Å². The third-order valence-corrected chi connectivity index (χ3v) is 15.4. The summed E-state index contributed by atoms with van der Waals surface area (Å²) in [7, 11) is 1.54. The molecular weight excluding hydrogens is 1350 g/mol. The number of Topliss-reactive ketones (excluding diaryl/α,β-unsaturated/α-hetero) is 1. The number of primary amides is 2. The molecule has 0 radical (unpaired) electrons. The largest absolute Gasteiger partial charge is 0.447 e. The molecule has 0 heterocycles. The van der Waals surface area contributed by atoms with Crippen molar-refractivity contribution in [3.63, 3.8) is 0 Å². The van der Waals surface area contributed by atoms with Crippen LogP contribution in [0.3, 0.4) is 0 Å². The van der Waals surface area contributed by atoms with Crippen LogP contribution in [0.25, 0.3) is 0 Å². The maximum Gasteiger partial charge on any atom is 0.407 e. The van der Waals surface area contributed by atoms with Crippen molar-refractivity contribution in [2.24, 2.45) is 45.5 Å². The number of ketones is 1. The van der Waals surface area contributed by atoms with E-state index in [0.717, 1.165) is 43.2 Å². The molecule has 29 nitrogen and oxygen atoms in total. The van der Waals surface area contributed by atoms with Gasteiger partial charge in [0.15, 0.2) is 0 Å². The number of oxime groups is 2. The average molecular weight is 1470 g/mol. The van der Waals surface area contributed by atoms with Gasteiger partial charge in [0, 0.05) is 88.4 Å². The second-order valence-corrected chi connectivity index (χ2v) is 25.5. The number of ether oxygens (including phenoxy) is 10. The van der Waals surface area contributed by atoms with Gasteiger partial charge < -0.3 is 99.9 Å². The number of amides is 7. The molecule has 0 bridgehead atoms. The van der Waals surface area contributed by atoms with Crippen LogP contribution in [0.1, 0.15) is 183 Å². The monoisotopic (exact) mass is 1470 g/mol. The van der Waals surface area contributed by atoms with Crippen LogP contribution in [-0.4, -0.2) is 218 Å². The fourth-order valence-electron chi connectivity index (χ4n) is 9.79. The van der Waals surface area contributed by atoms with Crippen molar-refractivity contribution in [3.05, 3.63) is 70.8 Å². The zero-order valence-electron chi connectivity index (χ0n) is 63.5. The molecule has 592 valence electrons. The summed E-state index contributed by atoms with van der Waals surface area (Å²) in [6.07, 6.45) is 13.5. The van der Waals surface area contributed by atoms with E-state index >= 15 is 0 Å². The van der Waals surface area contributed by atoms with Gasteiger partial charge in [0.1, 0.15) is 37.7 Å². The van der Waals surface area contributed by atoms with Crippen molar-refractivity contribution < 1.29 is 95.4 Å². The summed E-state index contributed by atoms with van der Waals surface area (Å²) in [6.45, 7) is 23.8. The van der Waals surface area contributed by atoms with Crippen molar-refractivity contribution in [2.45, 2.75) is 176 Å². The lowest BCUT2D eigenvalue weighted by atomic mass is 9.93. The standard InChI is InChI=1S/C38H65N5O11.C37H62N4O9/c1-5-32(27-30(2)3)37(46)43-34(35(39)44)13-6-7-14-40-36(45)33-12-10-11-31(28-33)29-54-42-15-8-9-17-49-20-22-51-24-25-52-23-21-50-18-16-41-38(47)53-26-19-48-4;1-5-32(26-29(2)3)37(45)41-34(35(38)43)15-6-7-16-39-36(44)33-14-10-13-31(27-33)28-50-40-17-8-9-18-46-20-22-48-24-25-49-23-21-47-19-11-12-30(4)42/h10-12,15,28,30,32,34H,5-9,13-14,16-27,29H2,1-4H3,(H2,39,44)(H,40,45)(H,41,47)(H,43,46);10,13-14,17,27,29,32,34H,5-9,11-12,15-16,18-26,28H2,1-4H3,(H2,38,43)(H,39,44)(H,41,45)/b42-15-;40-17+/t2*32-,34-/m00/s1. The highest BCUT2D eigenvalue weighted by molar-refractivity contribution is 5.95. The van der Waals surface area contributed by atoms with Gasteiger partial charge in [-0.25, -0.2) is 4.79 Å². The Kier molecular flexibility index (Phi) is 59.5. The van der Waals surface area contributed by atoms with Crippen molar-refractivity contribution in [1.29, 1.82) is 0 Å². The zero-order valence-corrected chi connectivity index (χ0v) is 63.5. The minimum atomic E-state index is -0.724. The molecule has 0 aliphatic heterocycles. The van der Waals surface area contributed by atoms with Gasteiger partial charge in [-0.15, -0.1) is 0 Å². The quantitative estimate of drug-likeness (QED) is 0.0189. The topological polar surface area (TPSA) is 384 Å². The molecule has 104 heavy (non-hydrogen) atoms. The highest BCUT2D eigenvalue weighted by Crippen LogP contribution is 2.18. The number of unbranched alkanes of at least 4 members (excludes halogenated alkanes) is 4. The highest BCUT2D eigenvalue weighted by atomic mass is 16.6. The number of carbonyl (C=O) groups excluding carboxylic acids is 8. The number of carbonyl (C=O) groups is 8. The molecule has 2 aromatic carbocycles. The smallest absolute Gasteiger partial charge is 0.407 e. The zero-order chi connectivity index (χ0) is 76.5. The van der Waals surface area contributed by atoms with E-state index in [1.54, 1.807) is 55.8 Å². The summed E-state index contributed by atoms with van der Waals surface area (Å²) >= 11 is 0. The summed E-state index contributed by atoms with van der Waals surface area (Å²) in [4.78, 5) is 107.